The number of aliphatic carboxylic acids is 1. The van der Waals surface area contributed by atoms with Crippen LogP contribution in [0.25, 0.3) is 21.8 Å². The zero-order valence-electron chi connectivity index (χ0n) is 16.6. The Hall–Kier alpha value is -2.86. The third kappa shape index (κ3) is 3.79. The van der Waals surface area contributed by atoms with E-state index in [0.29, 0.717) is 12.3 Å². The number of pyridine rings is 1. The molecule has 1 N–H and O–H groups in total. The number of benzene rings is 2. The fourth-order valence-corrected chi connectivity index (χ4v) is 5.01. The maximum atomic E-state index is 10.8. The van der Waals surface area contributed by atoms with Crippen molar-refractivity contribution in [1.82, 2.24) is 14.5 Å². The molecule has 2 heterocycles. The smallest absolute Gasteiger partial charge is 0.303 e. The fraction of sp³-hybridized carbons (Fsp3) is 0.292. The molecule has 2 aromatic heterocycles. The largest absolute Gasteiger partial charge is 0.481 e. The standard InChI is InChI=1S/C24H23N3O2S/c28-23(29)6-3-13-30-24-26-21-14-25-12-11-22(21)27(24)15-17-9-10-19(16-7-8-16)20-5-2-1-4-18(17)20/h1-2,4-5,9-12,14,16H,3,6-8,13,15H2,(H,28,29). The van der Waals surface area contributed by atoms with Gasteiger partial charge in [0.15, 0.2) is 5.16 Å². The van der Waals surface area contributed by atoms with Crippen molar-refractivity contribution in [3.05, 3.63) is 66.0 Å². The van der Waals surface area contributed by atoms with Crippen LogP contribution < -0.4 is 0 Å². The normalized spacial score (nSPS) is 13.9. The lowest BCUT2D eigenvalue weighted by Gasteiger charge is -2.14. The maximum absolute atomic E-state index is 10.8. The highest BCUT2D eigenvalue weighted by Gasteiger charge is 2.25. The van der Waals surface area contributed by atoms with Gasteiger partial charge in [0.25, 0.3) is 0 Å². The summed E-state index contributed by atoms with van der Waals surface area (Å²) in [6.45, 7) is 0.729. The molecule has 2 aromatic carbocycles. The van der Waals surface area contributed by atoms with Gasteiger partial charge in [-0.15, -0.1) is 0 Å². The van der Waals surface area contributed by atoms with Gasteiger partial charge in [0.05, 0.1) is 18.3 Å². The Kier molecular flexibility index (Phi) is 5.17. The number of nitrogens with zero attached hydrogens (tertiary/aromatic N) is 3. The molecule has 5 nitrogen and oxygen atoms in total. The van der Waals surface area contributed by atoms with E-state index in [0.717, 1.165) is 28.5 Å². The molecule has 30 heavy (non-hydrogen) atoms. The van der Waals surface area contributed by atoms with E-state index in [4.69, 9.17) is 10.1 Å². The molecule has 6 heteroatoms. The van der Waals surface area contributed by atoms with Gasteiger partial charge in [-0.05, 0) is 53.1 Å². The van der Waals surface area contributed by atoms with Gasteiger partial charge in [0.1, 0.15) is 5.52 Å². The van der Waals surface area contributed by atoms with Crippen molar-refractivity contribution in [2.24, 2.45) is 0 Å². The van der Waals surface area contributed by atoms with Crippen LogP contribution in [0.3, 0.4) is 0 Å². The Morgan fingerprint density at radius 1 is 1.13 bits per heavy atom. The van der Waals surface area contributed by atoms with Crippen LogP contribution in [0.4, 0.5) is 0 Å². The van der Waals surface area contributed by atoms with Gasteiger partial charge in [-0.25, -0.2) is 4.98 Å². The van der Waals surface area contributed by atoms with Crippen LogP contribution in [0, 0.1) is 0 Å². The number of carboxylic acids is 1. The molecule has 0 radical (unpaired) electrons. The quantitative estimate of drug-likeness (QED) is 0.304. The number of thioether (sulfide) groups is 1. The van der Waals surface area contributed by atoms with Gasteiger partial charge in [0, 0.05) is 18.4 Å². The average molecular weight is 418 g/mol. The first-order chi connectivity index (χ1) is 14.7. The van der Waals surface area contributed by atoms with Crippen molar-refractivity contribution in [1.29, 1.82) is 0 Å². The van der Waals surface area contributed by atoms with E-state index in [2.05, 4.69) is 45.9 Å². The number of hydrogen-bond acceptors (Lipinski definition) is 4. The SMILES string of the molecule is O=C(O)CCCSc1nc2cnccc2n1Cc1ccc(C2CC2)c2ccccc12. The van der Waals surface area contributed by atoms with Crippen LogP contribution in [-0.2, 0) is 11.3 Å². The molecule has 0 bridgehead atoms. The van der Waals surface area contributed by atoms with Crippen molar-refractivity contribution < 1.29 is 9.90 Å². The first kappa shape index (κ1) is 19.1. The van der Waals surface area contributed by atoms with Crippen molar-refractivity contribution >= 4 is 39.5 Å². The van der Waals surface area contributed by atoms with Crippen LogP contribution in [0.2, 0.25) is 0 Å². The van der Waals surface area contributed by atoms with Gasteiger partial charge in [-0.2, -0.15) is 0 Å². The van der Waals surface area contributed by atoms with E-state index in [-0.39, 0.29) is 6.42 Å². The molecule has 4 aromatic rings. The molecule has 0 saturated heterocycles. The topological polar surface area (TPSA) is 68.0 Å². The number of rotatable bonds is 8. The van der Waals surface area contributed by atoms with Crippen LogP contribution in [0.1, 0.15) is 42.7 Å². The molecule has 5 rings (SSSR count). The monoisotopic (exact) mass is 417 g/mol. The van der Waals surface area contributed by atoms with Crippen molar-refractivity contribution in [3.63, 3.8) is 0 Å². The van der Waals surface area contributed by atoms with E-state index in [1.807, 2.05) is 6.07 Å². The summed E-state index contributed by atoms with van der Waals surface area (Å²) in [4.78, 5) is 19.8. The molecule has 0 spiro atoms. The molecule has 1 saturated carbocycles. The lowest BCUT2D eigenvalue weighted by Crippen LogP contribution is -2.03. The summed E-state index contributed by atoms with van der Waals surface area (Å²) in [5.74, 6) is 0.685. The number of fused-ring (bicyclic) bond motifs is 2. The molecule has 1 fully saturated rings. The highest BCUT2D eigenvalue weighted by Crippen LogP contribution is 2.43. The number of carbonyl (C=O) groups is 1. The zero-order valence-corrected chi connectivity index (χ0v) is 17.4. The maximum Gasteiger partial charge on any atom is 0.303 e. The van der Waals surface area contributed by atoms with Crippen molar-refractivity contribution in [2.45, 2.75) is 43.3 Å². The fourth-order valence-electron chi connectivity index (χ4n) is 4.05. The lowest BCUT2D eigenvalue weighted by atomic mass is 9.97. The van der Waals surface area contributed by atoms with E-state index in [1.165, 1.54) is 34.7 Å². The molecule has 1 aliphatic rings. The molecule has 0 aliphatic heterocycles. The van der Waals surface area contributed by atoms with Gasteiger partial charge in [-0.3, -0.25) is 9.78 Å². The number of imidazole rings is 1. The van der Waals surface area contributed by atoms with Crippen molar-refractivity contribution in [2.75, 3.05) is 5.75 Å². The number of hydrogen-bond donors (Lipinski definition) is 1. The van der Waals surface area contributed by atoms with E-state index < -0.39 is 5.97 Å². The van der Waals surface area contributed by atoms with E-state index >= 15 is 0 Å². The first-order valence-corrected chi connectivity index (χ1v) is 11.3. The zero-order chi connectivity index (χ0) is 20.5. The van der Waals surface area contributed by atoms with E-state index in [1.54, 1.807) is 24.2 Å². The Morgan fingerprint density at radius 2 is 1.97 bits per heavy atom. The second kappa shape index (κ2) is 8.11. The minimum absolute atomic E-state index is 0.183. The minimum Gasteiger partial charge on any atom is -0.481 e. The second-order valence-electron chi connectivity index (χ2n) is 7.82. The highest BCUT2D eigenvalue weighted by molar-refractivity contribution is 7.99. The Labute approximate surface area is 179 Å². The second-order valence-corrected chi connectivity index (χ2v) is 8.89. The van der Waals surface area contributed by atoms with Gasteiger partial charge < -0.3 is 9.67 Å². The Balaban J connectivity index is 1.51. The average Bonchev–Trinajstić information content (AvgIpc) is 3.54. The summed E-state index contributed by atoms with van der Waals surface area (Å²) < 4.78 is 2.24. The molecule has 0 amide bonds. The highest BCUT2D eigenvalue weighted by atomic mass is 32.2. The van der Waals surface area contributed by atoms with Gasteiger partial charge in [0.2, 0.25) is 0 Å². The Bertz CT molecular complexity index is 1230. The number of carboxylic acid groups (broad SMARTS) is 1. The Morgan fingerprint density at radius 3 is 2.77 bits per heavy atom. The van der Waals surface area contributed by atoms with Gasteiger partial charge >= 0.3 is 5.97 Å². The predicted octanol–water partition coefficient (Wildman–Crippen LogP) is 5.47. The molecule has 0 atom stereocenters. The summed E-state index contributed by atoms with van der Waals surface area (Å²) in [5.41, 5.74) is 4.68. The molecule has 152 valence electrons. The summed E-state index contributed by atoms with van der Waals surface area (Å²) in [6.07, 6.45) is 6.98. The predicted molar refractivity (Wildman–Crippen MR) is 120 cm³/mol. The van der Waals surface area contributed by atoms with Crippen LogP contribution >= 0.6 is 11.8 Å². The molecular weight excluding hydrogens is 394 g/mol. The first-order valence-electron chi connectivity index (χ1n) is 10.4. The third-order valence-electron chi connectivity index (χ3n) is 5.68. The summed E-state index contributed by atoms with van der Waals surface area (Å²) in [6, 6.07) is 15.3. The minimum atomic E-state index is -0.754. The summed E-state index contributed by atoms with van der Waals surface area (Å²) in [7, 11) is 0. The van der Waals surface area contributed by atoms with Crippen LogP contribution in [-0.4, -0.2) is 31.4 Å². The van der Waals surface area contributed by atoms with E-state index in [9.17, 15) is 4.79 Å². The van der Waals surface area contributed by atoms with Crippen LogP contribution in [0.15, 0.2) is 60.0 Å². The summed E-state index contributed by atoms with van der Waals surface area (Å²) in [5, 5.41) is 12.5. The van der Waals surface area contributed by atoms with Gasteiger partial charge in [-0.1, -0.05) is 48.2 Å². The molecule has 1 aliphatic carbocycles. The molecular formula is C24H23N3O2S. The molecule has 0 unspecified atom stereocenters. The lowest BCUT2D eigenvalue weighted by molar-refractivity contribution is -0.137. The van der Waals surface area contributed by atoms with Crippen molar-refractivity contribution in [3.8, 4) is 0 Å². The van der Waals surface area contributed by atoms with Crippen LogP contribution in [0.5, 0.6) is 0 Å². The number of aromatic nitrogens is 3. The summed E-state index contributed by atoms with van der Waals surface area (Å²) >= 11 is 1.62. The third-order valence-corrected chi connectivity index (χ3v) is 6.74.